The molecule has 0 fully saturated rings. The lowest BCUT2D eigenvalue weighted by molar-refractivity contribution is -0.141. The van der Waals surface area contributed by atoms with Gasteiger partial charge in [-0.1, -0.05) is 13.8 Å². The van der Waals surface area contributed by atoms with Crippen LogP contribution in [0.3, 0.4) is 0 Å². The Kier molecular flexibility index (Phi) is 5.55. The Morgan fingerprint density at radius 2 is 2.15 bits per heavy atom. The number of aromatic nitrogens is 2. The second-order valence-electron chi connectivity index (χ2n) is 4.98. The molecule has 8 heteroatoms. The Labute approximate surface area is 114 Å². The molecule has 1 amide bonds. The highest BCUT2D eigenvalue weighted by Crippen LogP contribution is 2.27. The van der Waals surface area contributed by atoms with Crippen molar-refractivity contribution in [1.29, 1.82) is 0 Å². The van der Waals surface area contributed by atoms with Crippen LogP contribution in [0, 0.1) is 5.92 Å². The van der Waals surface area contributed by atoms with E-state index in [2.05, 4.69) is 10.4 Å². The largest absolute Gasteiger partial charge is 0.435 e. The predicted octanol–water partition coefficient (Wildman–Crippen LogP) is 1.43. The molecule has 0 saturated carbocycles. The van der Waals surface area contributed by atoms with E-state index < -0.39 is 23.9 Å². The lowest BCUT2D eigenvalue weighted by atomic mass is 10.1. The maximum atomic E-state index is 12.3. The first kappa shape index (κ1) is 16.5. The van der Waals surface area contributed by atoms with E-state index in [0.717, 1.165) is 16.9 Å². The number of halogens is 3. The number of alkyl halides is 3. The Morgan fingerprint density at radius 3 is 2.65 bits per heavy atom. The predicted molar refractivity (Wildman–Crippen MR) is 65.7 cm³/mol. The van der Waals surface area contributed by atoms with E-state index in [1.807, 2.05) is 13.8 Å². The minimum Gasteiger partial charge on any atom is -0.391 e. The number of carbonyl (C=O) groups is 1. The van der Waals surface area contributed by atoms with Gasteiger partial charge in [-0.25, -0.2) is 0 Å². The van der Waals surface area contributed by atoms with Gasteiger partial charge in [-0.05, 0) is 18.4 Å². The molecule has 1 rings (SSSR count). The number of hydrogen-bond donors (Lipinski definition) is 2. The summed E-state index contributed by atoms with van der Waals surface area (Å²) in [5.74, 6) is -0.202. The minimum atomic E-state index is -4.52. The highest BCUT2D eigenvalue weighted by molar-refractivity contribution is 5.75. The SMILES string of the molecule is CC(C)CC(O)CNC(=O)Cn1ccc(C(F)(F)F)n1. The number of amides is 1. The van der Waals surface area contributed by atoms with Crippen LogP contribution in [0.1, 0.15) is 26.0 Å². The zero-order valence-electron chi connectivity index (χ0n) is 11.3. The minimum absolute atomic E-state index is 0.0738. The highest BCUT2D eigenvalue weighted by Gasteiger charge is 2.33. The average Bonchev–Trinajstić information content (AvgIpc) is 2.73. The third-order valence-corrected chi connectivity index (χ3v) is 2.52. The summed E-state index contributed by atoms with van der Waals surface area (Å²) in [6, 6.07) is 0.806. The quantitative estimate of drug-likeness (QED) is 0.833. The first-order valence-electron chi connectivity index (χ1n) is 6.24. The summed E-state index contributed by atoms with van der Waals surface area (Å²) in [6.07, 6.45) is -3.55. The van der Waals surface area contributed by atoms with Gasteiger partial charge in [0.15, 0.2) is 5.69 Å². The average molecular weight is 293 g/mol. The monoisotopic (exact) mass is 293 g/mol. The number of nitrogens with zero attached hydrogens (tertiary/aromatic N) is 2. The molecule has 0 radical (unpaired) electrons. The molecular weight excluding hydrogens is 275 g/mol. The van der Waals surface area contributed by atoms with Crippen molar-refractivity contribution < 1.29 is 23.1 Å². The van der Waals surface area contributed by atoms with Crippen LogP contribution in [0.25, 0.3) is 0 Å². The number of rotatable bonds is 6. The van der Waals surface area contributed by atoms with Crippen molar-refractivity contribution in [2.45, 2.75) is 39.1 Å². The van der Waals surface area contributed by atoms with E-state index in [9.17, 15) is 23.1 Å². The topological polar surface area (TPSA) is 67.2 Å². The summed E-state index contributed by atoms with van der Waals surface area (Å²) in [7, 11) is 0. The van der Waals surface area contributed by atoms with E-state index in [-0.39, 0.29) is 13.1 Å². The Balaban J connectivity index is 2.41. The number of nitrogens with one attached hydrogen (secondary N) is 1. The fourth-order valence-corrected chi connectivity index (χ4v) is 1.66. The number of hydrogen-bond acceptors (Lipinski definition) is 3. The summed E-state index contributed by atoms with van der Waals surface area (Å²) in [5.41, 5.74) is -1.04. The van der Waals surface area contributed by atoms with Crippen molar-refractivity contribution in [3.05, 3.63) is 18.0 Å². The summed E-state index contributed by atoms with van der Waals surface area (Å²) in [5, 5.41) is 15.3. The molecule has 0 aromatic carbocycles. The van der Waals surface area contributed by atoms with Crippen molar-refractivity contribution in [3.8, 4) is 0 Å². The maximum absolute atomic E-state index is 12.3. The Morgan fingerprint density at radius 1 is 1.50 bits per heavy atom. The molecule has 0 aliphatic heterocycles. The molecule has 0 aliphatic carbocycles. The molecule has 1 atom stereocenters. The van der Waals surface area contributed by atoms with Gasteiger partial charge >= 0.3 is 6.18 Å². The molecule has 1 aromatic rings. The van der Waals surface area contributed by atoms with Gasteiger partial charge in [0.2, 0.25) is 5.91 Å². The summed E-state index contributed by atoms with van der Waals surface area (Å²) < 4.78 is 37.8. The van der Waals surface area contributed by atoms with E-state index in [1.165, 1.54) is 0 Å². The van der Waals surface area contributed by atoms with E-state index in [0.29, 0.717) is 12.3 Å². The molecule has 0 aliphatic rings. The zero-order chi connectivity index (χ0) is 15.3. The van der Waals surface area contributed by atoms with E-state index in [4.69, 9.17) is 0 Å². The van der Waals surface area contributed by atoms with Gasteiger partial charge in [-0.2, -0.15) is 18.3 Å². The molecule has 0 bridgehead atoms. The summed E-state index contributed by atoms with van der Waals surface area (Å²) in [4.78, 5) is 11.5. The van der Waals surface area contributed by atoms with Crippen LogP contribution in [0.15, 0.2) is 12.3 Å². The van der Waals surface area contributed by atoms with Crippen molar-refractivity contribution >= 4 is 5.91 Å². The second kappa shape index (κ2) is 6.74. The second-order valence-corrected chi connectivity index (χ2v) is 4.98. The summed E-state index contributed by atoms with van der Waals surface area (Å²) in [6.45, 7) is 3.63. The molecular formula is C12H18F3N3O2. The van der Waals surface area contributed by atoms with E-state index >= 15 is 0 Å². The molecule has 2 N–H and O–H groups in total. The van der Waals surface area contributed by atoms with Gasteiger partial charge in [0, 0.05) is 12.7 Å². The van der Waals surface area contributed by atoms with Crippen LogP contribution in [0.2, 0.25) is 0 Å². The van der Waals surface area contributed by atoms with Crippen LogP contribution in [-0.2, 0) is 17.5 Å². The standard InChI is InChI=1S/C12H18F3N3O2/c1-8(2)5-9(19)6-16-11(20)7-18-4-3-10(17-18)12(13,14)15/h3-4,8-9,19H,5-7H2,1-2H3,(H,16,20). The molecule has 1 aromatic heterocycles. The molecule has 5 nitrogen and oxygen atoms in total. The lowest BCUT2D eigenvalue weighted by Crippen LogP contribution is -2.35. The van der Waals surface area contributed by atoms with Crippen LogP contribution in [0.5, 0.6) is 0 Å². The smallest absolute Gasteiger partial charge is 0.391 e. The van der Waals surface area contributed by atoms with Crippen molar-refractivity contribution in [2.75, 3.05) is 6.54 Å². The molecule has 1 heterocycles. The van der Waals surface area contributed by atoms with E-state index in [1.54, 1.807) is 0 Å². The zero-order valence-corrected chi connectivity index (χ0v) is 11.3. The highest BCUT2D eigenvalue weighted by atomic mass is 19.4. The first-order chi connectivity index (χ1) is 9.18. The Hall–Kier alpha value is -1.57. The van der Waals surface area contributed by atoms with Crippen LogP contribution >= 0.6 is 0 Å². The molecule has 0 spiro atoms. The van der Waals surface area contributed by atoms with Crippen LogP contribution in [0.4, 0.5) is 13.2 Å². The van der Waals surface area contributed by atoms with Gasteiger partial charge in [0.05, 0.1) is 6.10 Å². The van der Waals surface area contributed by atoms with Crippen molar-refractivity contribution in [1.82, 2.24) is 15.1 Å². The van der Waals surface area contributed by atoms with Gasteiger partial charge in [-0.3, -0.25) is 9.48 Å². The van der Waals surface area contributed by atoms with Crippen LogP contribution in [-0.4, -0.2) is 33.4 Å². The third-order valence-electron chi connectivity index (χ3n) is 2.52. The summed E-state index contributed by atoms with van der Waals surface area (Å²) >= 11 is 0. The number of carbonyl (C=O) groups excluding carboxylic acids is 1. The fourth-order valence-electron chi connectivity index (χ4n) is 1.66. The number of aliphatic hydroxyl groups excluding tert-OH is 1. The van der Waals surface area contributed by atoms with Gasteiger partial charge in [0.1, 0.15) is 6.54 Å². The lowest BCUT2D eigenvalue weighted by Gasteiger charge is -2.13. The fraction of sp³-hybridized carbons (Fsp3) is 0.667. The van der Waals surface area contributed by atoms with Gasteiger partial charge in [-0.15, -0.1) is 0 Å². The molecule has 114 valence electrons. The van der Waals surface area contributed by atoms with Crippen molar-refractivity contribution in [3.63, 3.8) is 0 Å². The third kappa shape index (κ3) is 5.60. The van der Waals surface area contributed by atoms with Gasteiger partial charge < -0.3 is 10.4 Å². The normalized spacial score (nSPS) is 13.6. The molecule has 0 saturated heterocycles. The van der Waals surface area contributed by atoms with Crippen LogP contribution < -0.4 is 5.32 Å². The number of aliphatic hydroxyl groups is 1. The molecule has 1 unspecified atom stereocenters. The Bertz CT molecular complexity index is 443. The van der Waals surface area contributed by atoms with Crippen molar-refractivity contribution in [2.24, 2.45) is 5.92 Å². The molecule has 20 heavy (non-hydrogen) atoms. The maximum Gasteiger partial charge on any atom is 0.435 e. The first-order valence-corrected chi connectivity index (χ1v) is 6.24. The van der Waals surface area contributed by atoms with Gasteiger partial charge in [0.25, 0.3) is 0 Å².